The molecule has 0 radical (unpaired) electrons. The zero-order chi connectivity index (χ0) is 33.5. The monoisotopic (exact) mass is 674 g/mol. The third-order valence-electron chi connectivity index (χ3n) is 7.55. The van der Waals surface area contributed by atoms with Gasteiger partial charge in [-0.15, -0.1) is 10.2 Å². The summed E-state index contributed by atoms with van der Waals surface area (Å²) in [6.07, 6.45) is 1.88. The zero-order valence-corrected chi connectivity index (χ0v) is 28.9. The van der Waals surface area contributed by atoms with Gasteiger partial charge in [0.25, 0.3) is 10.0 Å². The Labute approximate surface area is 278 Å². The number of hydrogen-bond donors (Lipinski definition) is 1. The summed E-state index contributed by atoms with van der Waals surface area (Å²) in [6.45, 7) is 12.6. The van der Waals surface area contributed by atoms with Crippen molar-refractivity contribution in [1.82, 2.24) is 24.5 Å². The SMILES string of the molecule is Cc1ccc(S(=O)(=O)n2cc(-c3cccc(OC(C)C)n3)c3cc(-c4nnc(N5CC[C@H](NC(=O)OC(C)(C)C)C5)s4)ccc32)cc1. The van der Waals surface area contributed by atoms with Gasteiger partial charge in [-0.1, -0.05) is 35.1 Å². The summed E-state index contributed by atoms with van der Waals surface area (Å²) in [6, 6.07) is 17.8. The number of pyridine rings is 1. The van der Waals surface area contributed by atoms with Crippen molar-refractivity contribution in [1.29, 1.82) is 0 Å². The van der Waals surface area contributed by atoms with E-state index in [1.807, 2.05) is 65.8 Å². The number of nitrogens with zero attached hydrogens (tertiary/aromatic N) is 5. The summed E-state index contributed by atoms with van der Waals surface area (Å²) in [7, 11) is -3.92. The molecule has 1 saturated heterocycles. The number of fused-ring (bicyclic) bond motifs is 1. The van der Waals surface area contributed by atoms with Crippen molar-refractivity contribution in [2.24, 2.45) is 0 Å². The number of alkyl carbamates (subject to hydrolysis) is 1. The molecular formula is C34H38N6O5S2. The Bertz CT molecular complexity index is 2030. The van der Waals surface area contributed by atoms with Crippen LogP contribution in [0, 0.1) is 6.92 Å². The number of nitrogens with one attached hydrogen (secondary N) is 1. The number of aryl methyl sites for hydroxylation is 1. The maximum Gasteiger partial charge on any atom is 0.407 e. The minimum Gasteiger partial charge on any atom is -0.475 e. The lowest BCUT2D eigenvalue weighted by Crippen LogP contribution is -2.40. The first-order valence-corrected chi connectivity index (χ1v) is 17.7. The Morgan fingerprint density at radius 3 is 2.55 bits per heavy atom. The molecule has 0 bridgehead atoms. The minimum absolute atomic E-state index is 0.0608. The molecule has 1 aliphatic heterocycles. The molecule has 4 heterocycles. The van der Waals surface area contributed by atoms with E-state index in [2.05, 4.69) is 20.4 Å². The van der Waals surface area contributed by atoms with Crippen LogP contribution in [0.3, 0.4) is 0 Å². The lowest BCUT2D eigenvalue weighted by atomic mass is 10.1. The van der Waals surface area contributed by atoms with E-state index in [1.165, 1.54) is 15.3 Å². The van der Waals surface area contributed by atoms with Gasteiger partial charge >= 0.3 is 6.09 Å². The van der Waals surface area contributed by atoms with Gasteiger partial charge in [0.2, 0.25) is 11.0 Å². The van der Waals surface area contributed by atoms with Gasteiger partial charge in [0.15, 0.2) is 0 Å². The summed E-state index contributed by atoms with van der Waals surface area (Å²) in [5.74, 6) is 0.454. The van der Waals surface area contributed by atoms with Crippen LogP contribution in [0.1, 0.15) is 46.6 Å². The molecule has 13 heteroatoms. The molecule has 6 rings (SSSR count). The highest BCUT2D eigenvalue weighted by Crippen LogP contribution is 2.38. The van der Waals surface area contributed by atoms with Gasteiger partial charge in [0.1, 0.15) is 10.6 Å². The Morgan fingerprint density at radius 1 is 1.06 bits per heavy atom. The number of anilines is 1. The van der Waals surface area contributed by atoms with Crippen LogP contribution >= 0.6 is 11.3 Å². The maximum absolute atomic E-state index is 13.9. The smallest absolute Gasteiger partial charge is 0.407 e. The Balaban J connectivity index is 1.35. The van der Waals surface area contributed by atoms with E-state index in [0.717, 1.165) is 29.2 Å². The molecule has 1 N–H and O–H groups in total. The fourth-order valence-corrected chi connectivity index (χ4v) is 7.66. The van der Waals surface area contributed by atoms with Gasteiger partial charge in [-0.25, -0.2) is 22.2 Å². The zero-order valence-electron chi connectivity index (χ0n) is 27.2. The number of carbonyl (C=O) groups is 1. The van der Waals surface area contributed by atoms with E-state index >= 15 is 0 Å². The molecule has 0 spiro atoms. The lowest BCUT2D eigenvalue weighted by molar-refractivity contribution is 0.0509. The van der Waals surface area contributed by atoms with Crippen LogP contribution < -0.4 is 15.0 Å². The molecule has 47 heavy (non-hydrogen) atoms. The summed E-state index contributed by atoms with van der Waals surface area (Å²) in [5, 5.41) is 14.0. The predicted octanol–water partition coefficient (Wildman–Crippen LogP) is 6.66. The number of benzene rings is 2. The van der Waals surface area contributed by atoms with E-state index in [4.69, 9.17) is 14.5 Å². The Morgan fingerprint density at radius 2 is 1.83 bits per heavy atom. The largest absolute Gasteiger partial charge is 0.475 e. The second-order valence-electron chi connectivity index (χ2n) is 12.9. The molecular weight excluding hydrogens is 637 g/mol. The van der Waals surface area contributed by atoms with Gasteiger partial charge in [-0.05, 0) is 84.4 Å². The Kier molecular flexibility index (Phi) is 8.70. The van der Waals surface area contributed by atoms with Crippen LogP contribution in [0.4, 0.5) is 9.93 Å². The molecule has 246 valence electrons. The van der Waals surface area contributed by atoms with Crippen LogP contribution in [0.2, 0.25) is 0 Å². The second-order valence-corrected chi connectivity index (χ2v) is 15.7. The fourth-order valence-electron chi connectivity index (χ4n) is 5.42. The lowest BCUT2D eigenvalue weighted by Gasteiger charge is -2.21. The third-order valence-corrected chi connectivity index (χ3v) is 10.3. The molecule has 5 aromatic rings. The van der Waals surface area contributed by atoms with Crippen LogP contribution in [0.25, 0.3) is 32.7 Å². The highest BCUT2D eigenvalue weighted by atomic mass is 32.2. The average Bonchev–Trinajstić information content (AvgIpc) is 3.75. The van der Waals surface area contributed by atoms with Crippen molar-refractivity contribution in [3.8, 4) is 27.7 Å². The van der Waals surface area contributed by atoms with E-state index < -0.39 is 21.7 Å². The quantitative estimate of drug-likeness (QED) is 0.192. The van der Waals surface area contributed by atoms with Crippen molar-refractivity contribution >= 4 is 43.5 Å². The van der Waals surface area contributed by atoms with E-state index in [-0.39, 0.29) is 17.0 Å². The van der Waals surface area contributed by atoms with Gasteiger partial charge in [0.05, 0.1) is 28.3 Å². The molecule has 0 saturated carbocycles. The first kappa shape index (κ1) is 32.5. The van der Waals surface area contributed by atoms with Gasteiger partial charge in [0, 0.05) is 41.9 Å². The third kappa shape index (κ3) is 7.10. The van der Waals surface area contributed by atoms with Gasteiger partial charge < -0.3 is 19.7 Å². The average molecular weight is 675 g/mol. The molecule has 11 nitrogen and oxygen atoms in total. The minimum atomic E-state index is -3.92. The first-order chi connectivity index (χ1) is 22.3. The highest BCUT2D eigenvalue weighted by Gasteiger charge is 2.29. The predicted molar refractivity (Wildman–Crippen MR) is 184 cm³/mol. The van der Waals surface area contributed by atoms with Crippen molar-refractivity contribution < 1.29 is 22.7 Å². The number of ether oxygens (including phenoxy) is 2. The van der Waals surface area contributed by atoms with Crippen LogP contribution in [0.15, 0.2) is 71.8 Å². The van der Waals surface area contributed by atoms with Crippen molar-refractivity contribution in [3.05, 3.63) is 72.4 Å². The maximum atomic E-state index is 13.9. The Hall–Kier alpha value is -4.49. The summed E-state index contributed by atoms with van der Waals surface area (Å²) in [4.78, 5) is 19.3. The molecule has 3 aromatic heterocycles. The topological polar surface area (TPSA) is 129 Å². The van der Waals surface area contributed by atoms with Crippen molar-refractivity contribution in [2.75, 3.05) is 18.0 Å². The van der Waals surface area contributed by atoms with E-state index in [0.29, 0.717) is 39.6 Å². The normalized spacial score (nSPS) is 15.4. The number of rotatable bonds is 8. The standard InChI is InChI=1S/C34H38N6O5S2/c1-21(2)44-30-9-7-8-28(36-30)27-20-40(47(42,43)25-13-10-22(3)11-14-25)29-15-12-23(18-26(27)29)31-37-38-32(46-31)39-17-16-24(19-39)35-33(41)45-34(4,5)6/h7-15,18,20-21,24H,16-17,19H2,1-6H3,(H,35,41)/t24-/m0/s1. The number of aromatic nitrogens is 4. The molecule has 1 amide bonds. The molecule has 1 aliphatic rings. The first-order valence-electron chi connectivity index (χ1n) is 15.5. The summed E-state index contributed by atoms with van der Waals surface area (Å²) < 4.78 is 40.5. The molecule has 1 atom stereocenters. The molecule has 2 aromatic carbocycles. The second kappa shape index (κ2) is 12.6. The van der Waals surface area contributed by atoms with Crippen LogP contribution in [0.5, 0.6) is 5.88 Å². The molecule has 0 unspecified atom stereocenters. The van der Waals surface area contributed by atoms with Gasteiger partial charge in [-0.2, -0.15) is 0 Å². The fraction of sp³-hybridized carbons (Fsp3) is 0.353. The van der Waals surface area contributed by atoms with Crippen LogP contribution in [-0.2, 0) is 14.8 Å². The van der Waals surface area contributed by atoms with Crippen molar-refractivity contribution in [2.45, 2.75) is 70.6 Å². The summed E-state index contributed by atoms with van der Waals surface area (Å²) >= 11 is 1.44. The number of hydrogen-bond acceptors (Lipinski definition) is 10. The van der Waals surface area contributed by atoms with Crippen LogP contribution in [-0.4, -0.2) is 64.5 Å². The highest BCUT2D eigenvalue weighted by molar-refractivity contribution is 7.90. The van der Waals surface area contributed by atoms with E-state index in [1.54, 1.807) is 42.6 Å². The van der Waals surface area contributed by atoms with Gasteiger partial charge in [-0.3, -0.25) is 0 Å². The number of amides is 1. The van der Waals surface area contributed by atoms with E-state index in [9.17, 15) is 13.2 Å². The van der Waals surface area contributed by atoms with Crippen molar-refractivity contribution in [3.63, 3.8) is 0 Å². The number of carbonyl (C=O) groups excluding carboxylic acids is 1. The molecule has 1 fully saturated rings. The molecule has 0 aliphatic carbocycles. The summed E-state index contributed by atoms with van der Waals surface area (Å²) in [5.41, 5.74) is 2.95.